The van der Waals surface area contributed by atoms with Crippen LogP contribution in [0.5, 0.6) is 0 Å². The molecule has 0 saturated carbocycles. The first-order chi connectivity index (χ1) is 6.95. The molecule has 0 amide bonds. The zero-order valence-corrected chi connectivity index (χ0v) is 9.79. The number of allylic oxidation sites excluding steroid dienone is 5. The van der Waals surface area contributed by atoms with Crippen LogP contribution in [0.3, 0.4) is 0 Å². The molecule has 0 aromatic heterocycles. The first-order valence-corrected chi connectivity index (χ1v) is 4.96. The fraction of sp³-hybridized carbons (Fsp3) is 0.385. The van der Waals surface area contributed by atoms with Gasteiger partial charge in [0.2, 0.25) is 0 Å². The maximum absolute atomic E-state index is 5.40. The molecule has 0 spiro atoms. The first kappa shape index (κ1) is 11.5. The summed E-state index contributed by atoms with van der Waals surface area (Å²) in [5.41, 5.74) is 4.41. The molecule has 2 heteroatoms. The second-order valence-corrected chi connectivity index (χ2v) is 4.51. The van der Waals surface area contributed by atoms with Crippen molar-refractivity contribution in [3.63, 3.8) is 0 Å². The van der Waals surface area contributed by atoms with Gasteiger partial charge in [-0.15, -0.1) is 5.73 Å². The highest BCUT2D eigenvalue weighted by Gasteiger charge is 2.20. The number of hydrogen-bond donors (Lipinski definition) is 0. The van der Waals surface area contributed by atoms with Gasteiger partial charge in [0.25, 0.3) is 0 Å². The summed E-state index contributed by atoms with van der Waals surface area (Å²) in [4.78, 5) is 5.40. The first-order valence-electron chi connectivity index (χ1n) is 4.96. The average Bonchev–Trinajstić information content (AvgIpc) is 2.40. The molecule has 1 aliphatic heterocycles. The van der Waals surface area contributed by atoms with Crippen molar-refractivity contribution < 1.29 is 4.84 Å². The Balaban J connectivity index is 2.95. The highest BCUT2D eigenvalue weighted by Crippen LogP contribution is 2.27. The average molecular weight is 203 g/mol. The standard InChI is InChI=1S/C13H17NO/c1-6-10(2)11-8-7-9-12(15-14-11)13(3,4)5/h7-9H,1H2,2-5H3. The molecule has 0 radical (unpaired) electrons. The van der Waals surface area contributed by atoms with Crippen LogP contribution < -0.4 is 0 Å². The summed E-state index contributed by atoms with van der Waals surface area (Å²) < 4.78 is 0. The van der Waals surface area contributed by atoms with Gasteiger partial charge in [0.1, 0.15) is 11.5 Å². The van der Waals surface area contributed by atoms with E-state index in [9.17, 15) is 0 Å². The predicted octanol–water partition coefficient (Wildman–Crippen LogP) is 3.59. The second kappa shape index (κ2) is 4.33. The van der Waals surface area contributed by atoms with Crippen LogP contribution in [0.25, 0.3) is 0 Å². The van der Waals surface area contributed by atoms with E-state index in [0.29, 0.717) is 0 Å². The van der Waals surface area contributed by atoms with Crippen molar-refractivity contribution in [2.45, 2.75) is 27.7 Å². The molecule has 0 unspecified atom stereocenters. The van der Waals surface area contributed by atoms with Gasteiger partial charge in [0.05, 0.1) is 0 Å². The molecule has 0 bridgehead atoms. The van der Waals surface area contributed by atoms with Gasteiger partial charge >= 0.3 is 0 Å². The zero-order chi connectivity index (χ0) is 11.5. The normalized spacial score (nSPS) is 15.7. The molecule has 0 N–H and O–H groups in total. The minimum absolute atomic E-state index is 0.0327. The van der Waals surface area contributed by atoms with Crippen molar-refractivity contribution in [1.29, 1.82) is 0 Å². The van der Waals surface area contributed by atoms with Gasteiger partial charge in [0, 0.05) is 11.0 Å². The van der Waals surface area contributed by atoms with Crippen LogP contribution in [0.15, 0.2) is 47.0 Å². The van der Waals surface area contributed by atoms with Gasteiger partial charge in [-0.3, -0.25) is 0 Å². The van der Waals surface area contributed by atoms with E-state index in [1.165, 1.54) is 0 Å². The Morgan fingerprint density at radius 3 is 2.67 bits per heavy atom. The molecule has 15 heavy (non-hydrogen) atoms. The number of oxime groups is 1. The van der Waals surface area contributed by atoms with Crippen molar-refractivity contribution in [1.82, 2.24) is 0 Å². The van der Waals surface area contributed by atoms with Gasteiger partial charge in [-0.1, -0.05) is 38.6 Å². The fourth-order valence-electron chi connectivity index (χ4n) is 1.06. The summed E-state index contributed by atoms with van der Waals surface area (Å²) in [5, 5.41) is 4.06. The van der Waals surface area contributed by atoms with Gasteiger partial charge in [-0.2, -0.15) is 0 Å². The van der Waals surface area contributed by atoms with Gasteiger partial charge < -0.3 is 4.84 Å². The SMILES string of the molecule is C=C=C(C)C1=NOC(C(C)(C)C)=CC=C1. The number of hydrogen-bond acceptors (Lipinski definition) is 2. The molecule has 0 aromatic carbocycles. The lowest BCUT2D eigenvalue weighted by Gasteiger charge is -2.19. The zero-order valence-electron chi connectivity index (χ0n) is 9.79. The van der Waals surface area contributed by atoms with Crippen LogP contribution in [-0.4, -0.2) is 5.71 Å². The summed E-state index contributed by atoms with van der Waals surface area (Å²) in [7, 11) is 0. The molecule has 1 heterocycles. The summed E-state index contributed by atoms with van der Waals surface area (Å²) in [6, 6.07) is 0. The Labute approximate surface area is 91.3 Å². The molecule has 1 aliphatic rings. The molecule has 0 saturated heterocycles. The Morgan fingerprint density at radius 2 is 2.13 bits per heavy atom. The van der Waals surface area contributed by atoms with Crippen LogP contribution in [0.1, 0.15) is 27.7 Å². The quantitative estimate of drug-likeness (QED) is 0.597. The maximum atomic E-state index is 5.40. The molecule has 0 aliphatic carbocycles. The largest absolute Gasteiger partial charge is 0.360 e. The van der Waals surface area contributed by atoms with E-state index in [4.69, 9.17) is 4.84 Å². The third-order valence-electron chi connectivity index (χ3n) is 2.13. The minimum Gasteiger partial charge on any atom is -0.360 e. The van der Waals surface area contributed by atoms with E-state index >= 15 is 0 Å². The second-order valence-electron chi connectivity index (χ2n) is 4.51. The molecular formula is C13H17NO. The van der Waals surface area contributed by atoms with Gasteiger partial charge in [-0.05, 0) is 19.1 Å². The number of rotatable bonds is 1. The smallest absolute Gasteiger partial charge is 0.140 e. The van der Waals surface area contributed by atoms with Crippen LogP contribution in [0.2, 0.25) is 0 Å². The van der Waals surface area contributed by atoms with Crippen LogP contribution >= 0.6 is 0 Å². The topological polar surface area (TPSA) is 21.6 Å². The van der Waals surface area contributed by atoms with Crippen LogP contribution in [0.4, 0.5) is 0 Å². The Hall–Kier alpha value is -1.53. The molecule has 0 atom stereocenters. The van der Waals surface area contributed by atoms with E-state index in [-0.39, 0.29) is 5.41 Å². The monoisotopic (exact) mass is 203 g/mol. The van der Waals surface area contributed by atoms with E-state index in [2.05, 4.69) is 38.2 Å². The fourth-order valence-corrected chi connectivity index (χ4v) is 1.06. The molecule has 0 fully saturated rings. The third-order valence-corrected chi connectivity index (χ3v) is 2.13. The molecule has 1 rings (SSSR count). The summed E-state index contributed by atoms with van der Waals surface area (Å²) >= 11 is 0. The Morgan fingerprint density at radius 1 is 1.47 bits per heavy atom. The van der Waals surface area contributed by atoms with Crippen molar-refractivity contribution in [3.05, 3.63) is 41.9 Å². The van der Waals surface area contributed by atoms with Crippen molar-refractivity contribution in [2.75, 3.05) is 0 Å². The maximum Gasteiger partial charge on any atom is 0.140 e. The van der Waals surface area contributed by atoms with Crippen molar-refractivity contribution >= 4 is 5.71 Å². The van der Waals surface area contributed by atoms with Gasteiger partial charge in [0.15, 0.2) is 0 Å². The lowest BCUT2D eigenvalue weighted by molar-refractivity contribution is 0.162. The Bertz CT molecular complexity index is 385. The molecule has 0 aromatic rings. The number of nitrogens with zero attached hydrogens (tertiary/aromatic N) is 1. The predicted molar refractivity (Wildman–Crippen MR) is 63.5 cm³/mol. The minimum atomic E-state index is -0.0327. The van der Waals surface area contributed by atoms with Crippen LogP contribution in [0, 0.1) is 5.41 Å². The molecule has 2 nitrogen and oxygen atoms in total. The van der Waals surface area contributed by atoms with E-state index in [0.717, 1.165) is 17.0 Å². The highest BCUT2D eigenvalue weighted by molar-refractivity contribution is 6.07. The lowest BCUT2D eigenvalue weighted by Crippen LogP contribution is -2.10. The molecular weight excluding hydrogens is 186 g/mol. The highest BCUT2D eigenvalue weighted by atomic mass is 16.6. The summed E-state index contributed by atoms with van der Waals surface area (Å²) in [5.74, 6) is 0.852. The van der Waals surface area contributed by atoms with Crippen molar-refractivity contribution in [3.8, 4) is 0 Å². The third kappa shape index (κ3) is 2.97. The van der Waals surface area contributed by atoms with Gasteiger partial charge in [-0.25, -0.2) is 0 Å². The van der Waals surface area contributed by atoms with Crippen LogP contribution in [-0.2, 0) is 4.84 Å². The van der Waals surface area contributed by atoms with E-state index in [1.807, 2.05) is 25.2 Å². The molecule has 80 valence electrons. The summed E-state index contributed by atoms with van der Waals surface area (Å²) in [6.07, 6.45) is 5.77. The van der Waals surface area contributed by atoms with Crippen molar-refractivity contribution in [2.24, 2.45) is 10.6 Å². The lowest BCUT2D eigenvalue weighted by atomic mass is 9.93. The summed E-state index contributed by atoms with van der Waals surface area (Å²) in [6.45, 7) is 11.7. The Kier molecular flexibility index (Phi) is 3.33. The van der Waals surface area contributed by atoms with E-state index < -0.39 is 0 Å². The van der Waals surface area contributed by atoms with E-state index in [1.54, 1.807) is 0 Å².